The largest absolute Gasteiger partial charge is 0.336 e. The number of hydrogen-bond acceptors (Lipinski definition) is 4. The van der Waals surface area contributed by atoms with E-state index in [0.717, 1.165) is 22.4 Å². The molecule has 0 aliphatic carbocycles. The molecule has 7 heteroatoms. The number of nitrogens with zero attached hydrogens (tertiary/aromatic N) is 1. The van der Waals surface area contributed by atoms with Crippen LogP contribution in [-0.2, 0) is 6.54 Å². The lowest BCUT2D eigenvalue weighted by Crippen LogP contribution is -2.39. The number of anilines is 1. The van der Waals surface area contributed by atoms with Gasteiger partial charge in [0.1, 0.15) is 0 Å². The van der Waals surface area contributed by atoms with E-state index < -0.39 is 0 Å². The third kappa shape index (κ3) is 5.67. The van der Waals surface area contributed by atoms with Crippen molar-refractivity contribution in [3.05, 3.63) is 70.1 Å². The van der Waals surface area contributed by atoms with Crippen molar-refractivity contribution in [2.24, 2.45) is 0 Å². The summed E-state index contributed by atoms with van der Waals surface area (Å²) in [4.78, 5) is 28.8. The molecule has 1 heterocycles. The first kappa shape index (κ1) is 21.5. The smallest absolute Gasteiger partial charge is 0.315 e. The second-order valence-corrected chi connectivity index (χ2v) is 8.35. The van der Waals surface area contributed by atoms with E-state index >= 15 is 0 Å². The molecule has 0 unspecified atom stereocenters. The molecule has 6 nitrogen and oxygen atoms in total. The van der Waals surface area contributed by atoms with Gasteiger partial charge in [-0.05, 0) is 51.0 Å². The Kier molecular flexibility index (Phi) is 6.84. The Labute approximate surface area is 180 Å². The molecule has 0 saturated heterocycles. The number of carbonyl (C=O) groups excluding carboxylic acids is 2. The van der Waals surface area contributed by atoms with Gasteiger partial charge in [0.15, 0.2) is 5.13 Å². The zero-order chi connectivity index (χ0) is 21.7. The van der Waals surface area contributed by atoms with E-state index in [1.54, 1.807) is 12.1 Å². The van der Waals surface area contributed by atoms with E-state index in [9.17, 15) is 9.59 Å². The molecule has 0 aliphatic heterocycles. The lowest BCUT2D eigenvalue weighted by molar-refractivity contribution is 0.102. The summed E-state index contributed by atoms with van der Waals surface area (Å²) >= 11 is 1.40. The van der Waals surface area contributed by atoms with Gasteiger partial charge in [0.05, 0.1) is 5.69 Å². The molecule has 0 fully saturated rings. The van der Waals surface area contributed by atoms with Gasteiger partial charge in [-0.15, -0.1) is 11.3 Å². The van der Waals surface area contributed by atoms with E-state index in [4.69, 9.17) is 0 Å². The highest BCUT2D eigenvalue weighted by Crippen LogP contribution is 2.28. The zero-order valence-corrected chi connectivity index (χ0v) is 18.4. The van der Waals surface area contributed by atoms with Gasteiger partial charge in [-0.25, -0.2) is 9.78 Å². The molecule has 156 valence electrons. The Balaban J connectivity index is 1.60. The van der Waals surface area contributed by atoms with Crippen molar-refractivity contribution in [2.75, 3.05) is 5.32 Å². The summed E-state index contributed by atoms with van der Waals surface area (Å²) in [5, 5.41) is 10.9. The first-order valence-electron chi connectivity index (χ1n) is 9.79. The van der Waals surface area contributed by atoms with Crippen molar-refractivity contribution >= 4 is 28.4 Å². The molecular formula is C23H26N4O2S. The summed E-state index contributed by atoms with van der Waals surface area (Å²) in [6.45, 7) is 8.32. The van der Waals surface area contributed by atoms with Gasteiger partial charge in [0.2, 0.25) is 0 Å². The number of hydrogen-bond donors (Lipinski definition) is 3. The number of carbonyl (C=O) groups is 2. The van der Waals surface area contributed by atoms with Crippen molar-refractivity contribution < 1.29 is 9.59 Å². The number of benzene rings is 2. The normalized spacial score (nSPS) is 10.7. The molecular weight excluding hydrogens is 396 g/mol. The number of urea groups is 1. The monoisotopic (exact) mass is 422 g/mol. The molecule has 0 bridgehead atoms. The third-order valence-electron chi connectivity index (χ3n) is 4.47. The summed E-state index contributed by atoms with van der Waals surface area (Å²) in [6, 6.07) is 13.2. The minimum absolute atomic E-state index is 0.0809. The van der Waals surface area contributed by atoms with Crippen molar-refractivity contribution in [2.45, 2.75) is 40.3 Å². The Morgan fingerprint density at radius 3 is 2.47 bits per heavy atom. The molecule has 0 saturated carbocycles. The SMILES string of the molecule is Cc1ccc(-c2csc(NC(=O)c3ccc(CNC(=O)NC(C)C)cc3)n2)c(C)c1. The summed E-state index contributed by atoms with van der Waals surface area (Å²) in [7, 11) is 0. The highest BCUT2D eigenvalue weighted by Gasteiger charge is 2.11. The number of thiazole rings is 1. The van der Waals surface area contributed by atoms with Crippen LogP contribution < -0.4 is 16.0 Å². The highest BCUT2D eigenvalue weighted by molar-refractivity contribution is 7.14. The Morgan fingerprint density at radius 1 is 1.07 bits per heavy atom. The predicted octanol–water partition coefficient (Wildman–Crippen LogP) is 4.89. The van der Waals surface area contributed by atoms with Gasteiger partial charge in [-0.1, -0.05) is 35.9 Å². The zero-order valence-electron chi connectivity index (χ0n) is 17.6. The fourth-order valence-corrected chi connectivity index (χ4v) is 3.70. The van der Waals surface area contributed by atoms with Crippen LogP contribution in [0.2, 0.25) is 0 Å². The first-order chi connectivity index (χ1) is 14.3. The molecule has 30 heavy (non-hydrogen) atoms. The number of aryl methyl sites for hydroxylation is 2. The summed E-state index contributed by atoms with van der Waals surface area (Å²) < 4.78 is 0. The summed E-state index contributed by atoms with van der Waals surface area (Å²) in [6.07, 6.45) is 0. The van der Waals surface area contributed by atoms with Gasteiger partial charge < -0.3 is 10.6 Å². The molecule has 2 aromatic carbocycles. The second kappa shape index (κ2) is 9.54. The van der Waals surface area contributed by atoms with Gasteiger partial charge in [0, 0.05) is 29.1 Å². The van der Waals surface area contributed by atoms with Crippen LogP contribution in [0, 0.1) is 13.8 Å². The maximum absolute atomic E-state index is 12.5. The maximum Gasteiger partial charge on any atom is 0.315 e. The van der Waals surface area contributed by atoms with Crippen LogP contribution in [0.1, 0.15) is 40.9 Å². The van der Waals surface area contributed by atoms with Crippen LogP contribution in [0.4, 0.5) is 9.93 Å². The van der Waals surface area contributed by atoms with Crippen LogP contribution in [-0.4, -0.2) is 23.0 Å². The van der Waals surface area contributed by atoms with Crippen LogP contribution in [0.3, 0.4) is 0 Å². The molecule has 0 atom stereocenters. The molecule has 3 rings (SSSR count). The van der Waals surface area contributed by atoms with Gasteiger partial charge in [-0.2, -0.15) is 0 Å². The Bertz CT molecular complexity index is 1040. The fraction of sp³-hybridized carbons (Fsp3) is 0.261. The highest BCUT2D eigenvalue weighted by atomic mass is 32.1. The molecule has 3 N–H and O–H groups in total. The molecule has 0 radical (unpaired) electrons. The summed E-state index contributed by atoms with van der Waals surface area (Å²) in [5.74, 6) is -0.214. The molecule has 3 amide bonds. The van der Waals surface area contributed by atoms with E-state index in [1.807, 2.05) is 31.4 Å². The topological polar surface area (TPSA) is 83.1 Å². The lowest BCUT2D eigenvalue weighted by Gasteiger charge is -2.10. The van der Waals surface area contributed by atoms with Crippen molar-refractivity contribution in [3.8, 4) is 11.3 Å². The van der Waals surface area contributed by atoms with E-state index in [2.05, 4.69) is 53.0 Å². The average Bonchev–Trinajstić information content (AvgIpc) is 3.14. The van der Waals surface area contributed by atoms with Gasteiger partial charge in [0.25, 0.3) is 5.91 Å². The minimum atomic E-state index is -0.214. The van der Waals surface area contributed by atoms with Crippen LogP contribution in [0.15, 0.2) is 47.8 Å². The lowest BCUT2D eigenvalue weighted by atomic mass is 10.0. The van der Waals surface area contributed by atoms with E-state index in [-0.39, 0.29) is 18.0 Å². The van der Waals surface area contributed by atoms with Gasteiger partial charge in [-0.3, -0.25) is 10.1 Å². The Hall–Kier alpha value is -3.19. The van der Waals surface area contributed by atoms with Gasteiger partial charge >= 0.3 is 6.03 Å². The fourth-order valence-electron chi connectivity index (χ4n) is 2.99. The van der Waals surface area contributed by atoms with Crippen LogP contribution in [0.5, 0.6) is 0 Å². The minimum Gasteiger partial charge on any atom is -0.336 e. The first-order valence-corrected chi connectivity index (χ1v) is 10.7. The predicted molar refractivity (Wildman–Crippen MR) is 122 cm³/mol. The van der Waals surface area contributed by atoms with Crippen molar-refractivity contribution in [1.82, 2.24) is 15.6 Å². The maximum atomic E-state index is 12.5. The number of aromatic nitrogens is 1. The third-order valence-corrected chi connectivity index (χ3v) is 5.23. The quantitative estimate of drug-likeness (QED) is 0.529. The van der Waals surface area contributed by atoms with E-state index in [0.29, 0.717) is 17.2 Å². The number of amides is 3. The van der Waals surface area contributed by atoms with Crippen molar-refractivity contribution in [1.29, 1.82) is 0 Å². The van der Waals surface area contributed by atoms with Crippen LogP contribution in [0.25, 0.3) is 11.3 Å². The van der Waals surface area contributed by atoms with Crippen molar-refractivity contribution in [3.63, 3.8) is 0 Å². The molecule has 3 aromatic rings. The summed E-state index contributed by atoms with van der Waals surface area (Å²) in [5.41, 5.74) is 5.73. The molecule has 0 spiro atoms. The average molecular weight is 423 g/mol. The number of rotatable bonds is 6. The molecule has 0 aliphatic rings. The van der Waals surface area contributed by atoms with E-state index in [1.165, 1.54) is 16.9 Å². The second-order valence-electron chi connectivity index (χ2n) is 7.49. The standard InChI is InChI=1S/C23H26N4O2S/c1-14(2)25-22(29)24-12-17-6-8-18(9-7-17)21(28)27-23-26-20(13-30-23)19-10-5-15(3)11-16(19)4/h5-11,13-14H,12H2,1-4H3,(H2,24,25,29)(H,26,27,28). The molecule has 1 aromatic heterocycles. The number of nitrogens with one attached hydrogen (secondary N) is 3. The Morgan fingerprint density at radius 2 is 1.80 bits per heavy atom. The van der Waals surface area contributed by atoms with Crippen LogP contribution >= 0.6 is 11.3 Å².